The maximum absolute atomic E-state index is 13.6. The molecule has 0 aliphatic rings. The fourth-order valence-electron chi connectivity index (χ4n) is 1.74. The SMILES string of the molecule is COc1cc(OC)cc(C(O)c2ncccc2F)c1. The van der Waals surface area contributed by atoms with Crippen molar-refractivity contribution in [3.63, 3.8) is 0 Å². The minimum atomic E-state index is -1.18. The average molecular weight is 263 g/mol. The Balaban J connectivity index is 2.43. The number of benzene rings is 1. The Bertz CT molecular complexity index is 552. The molecule has 1 N–H and O–H groups in total. The van der Waals surface area contributed by atoms with Gasteiger partial charge in [-0.2, -0.15) is 0 Å². The molecule has 19 heavy (non-hydrogen) atoms. The number of methoxy groups -OCH3 is 2. The van der Waals surface area contributed by atoms with E-state index in [1.807, 2.05) is 0 Å². The molecular weight excluding hydrogens is 249 g/mol. The topological polar surface area (TPSA) is 51.6 Å². The highest BCUT2D eigenvalue weighted by Crippen LogP contribution is 2.29. The molecule has 1 aromatic heterocycles. The molecule has 0 spiro atoms. The van der Waals surface area contributed by atoms with Crippen molar-refractivity contribution in [2.75, 3.05) is 14.2 Å². The molecule has 0 saturated carbocycles. The Morgan fingerprint density at radius 1 is 1.16 bits per heavy atom. The van der Waals surface area contributed by atoms with Crippen molar-refractivity contribution >= 4 is 0 Å². The maximum Gasteiger partial charge on any atom is 0.147 e. The molecule has 2 rings (SSSR count). The quantitative estimate of drug-likeness (QED) is 0.919. The summed E-state index contributed by atoms with van der Waals surface area (Å²) in [5, 5.41) is 10.2. The van der Waals surface area contributed by atoms with Crippen molar-refractivity contribution in [2.24, 2.45) is 0 Å². The highest BCUT2D eigenvalue weighted by atomic mass is 19.1. The largest absolute Gasteiger partial charge is 0.497 e. The Kier molecular flexibility index (Phi) is 3.97. The zero-order chi connectivity index (χ0) is 13.8. The standard InChI is InChI=1S/C14H14FNO3/c1-18-10-6-9(7-11(8-10)19-2)14(17)13-12(15)4-3-5-16-13/h3-8,14,17H,1-2H3. The lowest BCUT2D eigenvalue weighted by atomic mass is 10.0. The van der Waals surface area contributed by atoms with Gasteiger partial charge in [0.25, 0.3) is 0 Å². The van der Waals surface area contributed by atoms with Crippen LogP contribution in [0.15, 0.2) is 36.5 Å². The first-order valence-electron chi connectivity index (χ1n) is 5.67. The van der Waals surface area contributed by atoms with Crippen LogP contribution in [0.5, 0.6) is 11.5 Å². The third-order valence-electron chi connectivity index (χ3n) is 2.74. The molecule has 0 bridgehead atoms. The predicted molar refractivity (Wildman–Crippen MR) is 67.8 cm³/mol. The molecule has 100 valence electrons. The van der Waals surface area contributed by atoms with Crippen LogP contribution < -0.4 is 9.47 Å². The number of aliphatic hydroxyl groups excluding tert-OH is 1. The zero-order valence-electron chi connectivity index (χ0n) is 10.6. The monoisotopic (exact) mass is 263 g/mol. The minimum Gasteiger partial charge on any atom is -0.497 e. The van der Waals surface area contributed by atoms with Gasteiger partial charge in [0.05, 0.1) is 14.2 Å². The van der Waals surface area contributed by atoms with Crippen molar-refractivity contribution in [2.45, 2.75) is 6.10 Å². The van der Waals surface area contributed by atoms with Crippen LogP contribution in [0.25, 0.3) is 0 Å². The van der Waals surface area contributed by atoms with Gasteiger partial charge in [0.1, 0.15) is 29.1 Å². The van der Waals surface area contributed by atoms with Gasteiger partial charge in [0.2, 0.25) is 0 Å². The Labute approximate surface area is 110 Å². The normalized spacial score (nSPS) is 12.0. The van der Waals surface area contributed by atoms with Crippen LogP contribution >= 0.6 is 0 Å². The van der Waals surface area contributed by atoms with Gasteiger partial charge >= 0.3 is 0 Å². The summed E-state index contributed by atoms with van der Waals surface area (Å²) in [5.41, 5.74) is 0.423. The van der Waals surface area contributed by atoms with Crippen LogP contribution in [0.1, 0.15) is 17.4 Å². The predicted octanol–water partition coefficient (Wildman–Crippen LogP) is 2.32. The van der Waals surface area contributed by atoms with E-state index < -0.39 is 11.9 Å². The molecule has 2 aromatic rings. The Morgan fingerprint density at radius 2 is 1.79 bits per heavy atom. The van der Waals surface area contributed by atoms with Crippen molar-refractivity contribution in [1.29, 1.82) is 0 Å². The molecule has 0 fully saturated rings. The van der Waals surface area contributed by atoms with Crippen LogP contribution in [-0.2, 0) is 0 Å². The van der Waals surface area contributed by atoms with Gasteiger partial charge in [0, 0.05) is 12.3 Å². The first kappa shape index (κ1) is 13.3. The number of halogens is 1. The maximum atomic E-state index is 13.6. The molecule has 4 nitrogen and oxygen atoms in total. The average Bonchev–Trinajstić information content (AvgIpc) is 2.46. The van der Waals surface area contributed by atoms with Crippen molar-refractivity contribution in [1.82, 2.24) is 4.98 Å². The number of hydrogen-bond donors (Lipinski definition) is 1. The van der Waals surface area contributed by atoms with E-state index in [1.54, 1.807) is 18.2 Å². The van der Waals surface area contributed by atoms with Crippen LogP contribution in [0.4, 0.5) is 4.39 Å². The fraction of sp³-hybridized carbons (Fsp3) is 0.214. The molecule has 0 aliphatic carbocycles. The lowest BCUT2D eigenvalue weighted by Crippen LogP contribution is -2.05. The van der Waals surface area contributed by atoms with Crippen LogP contribution in [-0.4, -0.2) is 24.3 Å². The van der Waals surface area contributed by atoms with Gasteiger partial charge in [-0.15, -0.1) is 0 Å². The number of rotatable bonds is 4. The summed E-state index contributed by atoms with van der Waals surface area (Å²) >= 11 is 0. The summed E-state index contributed by atoms with van der Waals surface area (Å²) in [4.78, 5) is 3.86. The van der Waals surface area contributed by atoms with Crippen molar-refractivity contribution in [3.8, 4) is 11.5 Å². The number of aromatic nitrogens is 1. The van der Waals surface area contributed by atoms with Gasteiger partial charge in [-0.25, -0.2) is 4.39 Å². The van der Waals surface area contributed by atoms with Gasteiger partial charge in [-0.3, -0.25) is 4.98 Å². The van der Waals surface area contributed by atoms with E-state index >= 15 is 0 Å². The second-order valence-corrected chi connectivity index (χ2v) is 3.92. The highest BCUT2D eigenvalue weighted by molar-refractivity contribution is 5.41. The second kappa shape index (κ2) is 5.67. The summed E-state index contributed by atoms with van der Waals surface area (Å²) in [6.45, 7) is 0. The van der Waals surface area contributed by atoms with Crippen molar-refractivity contribution < 1.29 is 19.0 Å². The Hall–Kier alpha value is -2.14. The van der Waals surface area contributed by atoms with Crippen LogP contribution in [0.2, 0.25) is 0 Å². The molecule has 0 amide bonds. The third-order valence-corrected chi connectivity index (χ3v) is 2.74. The molecule has 1 aromatic carbocycles. The van der Waals surface area contributed by atoms with E-state index in [0.717, 1.165) is 0 Å². The second-order valence-electron chi connectivity index (χ2n) is 3.92. The molecule has 1 atom stereocenters. The molecule has 0 aliphatic heterocycles. The van der Waals surface area contributed by atoms with Gasteiger partial charge in [-0.05, 0) is 29.8 Å². The highest BCUT2D eigenvalue weighted by Gasteiger charge is 2.18. The summed E-state index contributed by atoms with van der Waals surface area (Å²) in [6, 6.07) is 7.62. The molecule has 1 heterocycles. The van der Waals surface area contributed by atoms with Crippen molar-refractivity contribution in [3.05, 3.63) is 53.6 Å². The molecule has 1 unspecified atom stereocenters. The fourth-order valence-corrected chi connectivity index (χ4v) is 1.74. The first-order valence-corrected chi connectivity index (χ1v) is 5.67. The number of aliphatic hydroxyl groups is 1. The van der Waals surface area contributed by atoms with Crippen LogP contribution in [0.3, 0.4) is 0 Å². The summed E-state index contributed by atoms with van der Waals surface area (Å²) in [5.74, 6) is 0.478. The summed E-state index contributed by atoms with van der Waals surface area (Å²) in [6.07, 6.45) is 0.254. The van der Waals surface area contributed by atoms with E-state index in [-0.39, 0.29) is 5.69 Å². The summed E-state index contributed by atoms with van der Waals surface area (Å²) in [7, 11) is 3.01. The first-order chi connectivity index (χ1) is 9.15. The van der Waals surface area contributed by atoms with E-state index in [9.17, 15) is 9.50 Å². The van der Waals surface area contributed by atoms with Crippen LogP contribution in [0, 0.1) is 5.82 Å². The molecular formula is C14H14FNO3. The van der Waals surface area contributed by atoms with Gasteiger partial charge in [-0.1, -0.05) is 0 Å². The molecule has 0 radical (unpaired) electrons. The van der Waals surface area contributed by atoms with E-state index in [1.165, 1.54) is 32.5 Å². The number of nitrogens with zero attached hydrogens (tertiary/aromatic N) is 1. The molecule has 0 saturated heterocycles. The van der Waals surface area contributed by atoms with Gasteiger partial charge < -0.3 is 14.6 Å². The third kappa shape index (κ3) is 2.82. The number of pyridine rings is 1. The minimum absolute atomic E-state index is 0.0298. The smallest absolute Gasteiger partial charge is 0.147 e. The lowest BCUT2D eigenvalue weighted by Gasteiger charge is -2.14. The Morgan fingerprint density at radius 3 is 2.32 bits per heavy atom. The van der Waals surface area contributed by atoms with E-state index in [0.29, 0.717) is 17.1 Å². The molecule has 5 heteroatoms. The number of hydrogen-bond acceptors (Lipinski definition) is 4. The zero-order valence-corrected chi connectivity index (χ0v) is 10.6. The van der Waals surface area contributed by atoms with E-state index in [2.05, 4.69) is 4.98 Å². The van der Waals surface area contributed by atoms with Gasteiger partial charge in [0.15, 0.2) is 0 Å². The summed E-state index contributed by atoms with van der Waals surface area (Å²) < 4.78 is 23.8. The number of ether oxygens (including phenoxy) is 2. The van der Waals surface area contributed by atoms with E-state index in [4.69, 9.17) is 9.47 Å². The lowest BCUT2D eigenvalue weighted by molar-refractivity contribution is 0.208.